The number of rotatable bonds is 17. The molecule has 0 amide bonds. The minimum Gasteiger partial charge on any atom is -0.497 e. The molecule has 0 aliphatic heterocycles. The molecular formula is C35H44O8. The van der Waals surface area contributed by atoms with Gasteiger partial charge in [-0.05, 0) is 75.1 Å². The first-order valence-corrected chi connectivity index (χ1v) is 14.5. The number of methoxy groups -OCH3 is 2. The number of esters is 1. The van der Waals surface area contributed by atoms with Crippen molar-refractivity contribution in [3.63, 3.8) is 0 Å². The molecule has 0 aliphatic rings. The third-order valence-electron chi connectivity index (χ3n) is 7.31. The number of hydrogen-bond donors (Lipinski definition) is 1. The Morgan fingerprint density at radius 3 is 1.63 bits per heavy atom. The predicted molar refractivity (Wildman–Crippen MR) is 165 cm³/mol. The average molecular weight is 593 g/mol. The molecule has 0 fully saturated rings. The van der Waals surface area contributed by atoms with E-state index in [4.69, 9.17) is 28.8 Å². The van der Waals surface area contributed by atoms with Gasteiger partial charge in [-0.25, -0.2) is 0 Å². The van der Waals surface area contributed by atoms with Gasteiger partial charge < -0.3 is 28.8 Å². The number of ether oxygens (including phenoxy) is 5. The Morgan fingerprint density at radius 2 is 1.14 bits per heavy atom. The SMILES string of the molecule is COc1ccc(C(OC(C)(C)CCOC(C)(C)CCOC(=O)CCC(=O)O)(c2ccccc2)c2ccc(OC)cc2)cc1. The molecule has 232 valence electrons. The van der Waals surface area contributed by atoms with Crippen LogP contribution >= 0.6 is 0 Å². The molecule has 0 unspecified atom stereocenters. The molecule has 0 aromatic heterocycles. The summed E-state index contributed by atoms with van der Waals surface area (Å²) in [6, 6.07) is 26.0. The summed E-state index contributed by atoms with van der Waals surface area (Å²) in [6.07, 6.45) is 0.660. The van der Waals surface area contributed by atoms with Gasteiger partial charge in [-0.3, -0.25) is 9.59 Å². The standard InChI is InChI=1S/C35H44O8/c1-33(2,22-24-41-32(38)21-20-31(36)37)42-25-23-34(3,4)43-35(26-10-8-7-9-11-26,27-12-16-29(39-5)17-13-27)28-14-18-30(40-6)19-15-28/h7-19H,20-25H2,1-6H3,(H,36,37). The van der Waals surface area contributed by atoms with E-state index in [0.717, 1.165) is 28.2 Å². The average Bonchev–Trinajstić information content (AvgIpc) is 2.99. The van der Waals surface area contributed by atoms with Gasteiger partial charge in [0.25, 0.3) is 0 Å². The Bertz CT molecular complexity index is 1250. The van der Waals surface area contributed by atoms with Crippen LogP contribution in [0.1, 0.15) is 70.1 Å². The van der Waals surface area contributed by atoms with Gasteiger partial charge in [0.05, 0.1) is 51.5 Å². The number of carbonyl (C=O) groups excluding carboxylic acids is 1. The Kier molecular flexibility index (Phi) is 11.7. The molecule has 0 bridgehead atoms. The molecule has 0 saturated carbocycles. The van der Waals surface area contributed by atoms with Crippen molar-refractivity contribution in [2.75, 3.05) is 27.4 Å². The molecule has 8 heteroatoms. The van der Waals surface area contributed by atoms with Crippen LogP contribution in [-0.2, 0) is 29.4 Å². The smallest absolute Gasteiger partial charge is 0.306 e. The number of hydrogen-bond acceptors (Lipinski definition) is 7. The summed E-state index contributed by atoms with van der Waals surface area (Å²) in [7, 11) is 3.29. The molecule has 0 atom stereocenters. The van der Waals surface area contributed by atoms with Crippen LogP contribution in [0.25, 0.3) is 0 Å². The van der Waals surface area contributed by atoms with Gasteiger partial charge in [-0.1, -0.05) is 54.6 Å². The van der Waals surface area contributed by atoms with Gasteiger partial charge in [0.15, 0.2) is 0 Å². The molecule has 3 aromatic rings. The number of aliphatic carboxylic acids is 1. The molecule has 3 aromatic carbocycles. The van der Waals surface area contributed by atoms with Crippen LogP contribution in [0.15, 0.2) is 78.9 Å². The van der Waals surface area contributed by atoms with Crippen molar-refractivity contribution in [1.82, 2.24) is 0 Å². The number of carboxylic acid groups (broad SMARTS) is 1. The van der Waals surface area contributed by atoms with Gasteiger partial charge >= 0.3 is 11.9 Å². The highest BCUT2D eigenvalue weighted by atomic mass is 16.5. The summed E-state index contributed by atoms with van der Waals surface area (Å²) in [6.45, 7) is 8.54. The van der Waals surface area contributed by atoms with Gasteiger partial charge in [0, 0.05) is 6.42 Å². The summed E-state index contributed by atoms with van der Waals surface area (Å²) in [4.78, 5) is 22.4. The molecule has 0 radical (unpaired) electrons. The van der Waals surface area contributed by atoms with E-state index in [0.29, 0.717) is 19.4 Å². The topological polar surface area (TPSA) is 101 Å². The lowest BCUT2D eigenvalue weighted by Gasteiger charge is -2.43. The lowest BCUT2D eigenvalue weighted by molar-refractivity contribution is -0.149. The molecule has 8 nitrogen and oxygen atoms in total. The van der Waals surface area contributed by atoms with E-state index in [9.17, 15) is 9.59 Å². The third kappa shape index (κ3) is 9.56. The third-order valence-corrected chi connectivity index (χ3v) is 7.31. The Labute approximate surface area is 254 Å². The molecular weight excluding hydrogens is 548 g/mol. The molecule has 0 spiro atoms. The monoisotopic (exact) mass is 592 g/mol. The predicted octanol–water partition coefficient (Wildman–Crippen LogP) is 6.77. The lowest BCUT2D eigenvalue weighted by atomic mass is 9.79. The van der Waals surface area contributed by atoms with Crippen LogP contribution in [0, 0.1) is 0 Å². The van der Waals surface area contributed by atoms with E-state index in [2.05, 4.69) is 26.0 Å². The molecule has 3 rings (SSSR count). The molecule has 43 heavy (non-hydrogen) atoms. The van der Waals surface area contributed by atoms with Crippen molar-refractivity contribution in [1.29, 1.82) is 0 Å². The van der Waals surface area contributed by atoms with Gasteiger partial charge in [-0.15, -0.1) is 0 Å². The summed E-state index contributed by atoms with van der Waals surface area (Å²) in [5.41, 5.74) is 0.709. The first-order valence-electron chi connectivity index (χ1n) is 14.5. The summed E-state index contributed by atoms with van der Waals surface area (Å²) < 4.78 is 29.6. The maximum Gasteiger partial charge on any atom is 0.306 e. The zero-order valence-corrected chi connectivity index (χ0v) is 26.1. The maximum atomic E-state index is 11.8. The van der Waals surface area contributed by atoms with Crippen LogP contribution in [0.3, 0.4) is 0 Å². The van der Waals surface area contributed by atoms with E-state index in [1.165, 1.54) is 0 Å². The van der Waals surface area contributed by atoms with E-state index >= 15 is 0 Å². The van der Waals surface area contributed by atoms with Crippen LogP contribution in [0.5, 0.6) is 11.5 Å². The van der Waals surface area contributed by atoms with Crippen molar-refractivity contribution in [3.05, 3.63) is 95.6 Å². The Morgan fingerprint density at radius 1 is 0.651 bits per heavy atom. The molecule has 0 aliphatic carbocycles. The van der Waals surface area contributed by atoms with E-state index in [1.54, 1.807) is 14.2 Å². The Hall–Kier alpha value is -3.88. The normalized spacial score (nSPS) is 12.0. The highest BCUT2D eigenvalue weighted by Crippen LogP contribution is 2.45. The van der Waals surface area contributed by atoms with Crippen molar-refractivity contribution in [2.24, 2.45) is 0 Å². The van der Waals surface area contributed by atoms with Crippen molar-refractivity contribution < 1.29 is 38.4 Å². The van der Waals surface area contributed by atoms with Gasteiger partial charge in [0.1, 0.15) is 17.1 Å². The van der Waals surface area contributed by atoms with E-state index < -0.39 is 28.7 Å². The van der Waals surface area contributed by atoms with Crippen LogP contribution in [0.4, 0.5) is 0 Å². The molecule has 0 saturated heterocycles. The fraction of sp³-hybridized carbons (Fsp3) is 0.429. The zero-order valence-electron chi connectivity index (χ0n) is 26.1. The van der Waals surface area contributed by atoms with Crippen LogP contribution < -0.4 is 9.47 Å². The second-order valence-corrected chi connectivity index (χ2v) is 11.6. The molecule has 0 heterocycles. The minimum absolute atomic E-state index is 0.145. The highest BCUT2D eigenvalue weighted by molar-refractivity contribution is 5.76. The minimum atomic E-state index is -1.03. The first-order chi connectivity index (χ1) is 20.4. The number of benzene rings is 3. The van der Waals surface area contributed by atoms with Crippen molar-refractivity contribution >= 4 is 11.9 Å². The summed E-state index contributed by atoms with van der Waals surface area (Å²) in [5, 5.41) is 8.74. The van der Waals surface area contributed by atoms with E-state index in [1.807, 2.05) is 80.6 Å². The fourth-order valence-electron chi connectivity index (χ4n) is 4.80. The van der Waals surface area contributed by atoms with E-state index in [-0.39, 0.29) is 19.4 Å². The van der Waals surface area contributed by atoms with Crippen molar-refractivity contribution in [2.45, 2.75) is 70.2 Å². The highest BCUT2D eigenvalue weighted by Gasteiger charge is 2.42. The van der Waals surface area contributed by atoms with Gasteiger partial charge in [-0.2, -0.15) is 0 Å². The lowest BCUT2D eigenvalue weighted by Crippen LogP contribution is -2.42. The Balaban J connectivity index is 1.83. The van der Waals surface area contributed by atoms with Crippen LogP contribution in [0.2, 0.25) is 0 Å². The summed E-state index contributed by atoms with van der Waals surface area (Å²) >= 11 is 0. The van der Waals surface area contributed by atoms with Crippen LogP contribution in [-0.4, -0.2) is 55.7 Å². The van der Waals surface area contributed by atoms with Crippen molar-refractivity contribution in [3.8, 4) is 11.5 Å². The fourth-order valence-corrected chi connectivity index (χ4v) is 4.80. The second-order valence-electron chi connectivity index (χ2n) is 11.6. The van der Waals surface area contributed by atoms with Gasteiger partial charge in [0.2, 0.25) is 0 Å². The summed E-state index contributed by atoms with van der Waals surface area (Å²) in [5.74, 6) is -0.0476. The largest absolute Gasteiger partial charge is 0.497 e. The number of carboxylic acids is 1. The first kappa shape index (κ1) is 33.6. The number of carbonyl (C=O) groups is 2. The maximum absolute atomic E-state index is 11.8. The second kappa shape index (κ2) is 15.0. The quantitative estimate of drug-likeness (QED) is 0.135. The molecule has 1 N–H and O–H groups in total. The zero-order chi connectivity index (χ0) is 31.5.